The average Bonchev–Trinajstić information content (AvgIpc) is 1.56. The molecule has 0 radical (unpaired) electrons. The van der Waals surface area contributed by atoms with E-state index in [2.05, 4.69) is 0 Å². The van der Waals surface area contributed by atoms with Gasteiger partial charge in [0.15, 0.2) is 0 Å². The Balaban J connectivity index is 4.34. The van der Waals surface area contributed by atoms with Gasteiger partial charge in [0.25, 0.3) is 0 Å². The van der Waals surface area contributed by atoms with Crippen molar-refractivity contribution < 1.29 is 31.9 Å². The number of hydrogen-bond donors (Lipinski definition) is 0. The first-order chi connectivity index (χ1) is 4.67. The van der Waals surface area contributed by atoms with Crippen LogP contribution in [-0.4, -0.2) is 18.1 Å². The van der Waals surface area contributed by atoms with Crippen molar-refractivity contribution in [2.45, 2.75) is 18.5 Å². The van der Waals surface area contributed by atoms with Gasteiger partial charge in [0.2, 0.25) is 0 Å². The second kappa shape index (κ2) is 2.63. The largest absolute Gasteiger partial charge is 0.550 e. The molecule has 0 heterocycles. The van der Waals surface area contributed by atoms with Crippen LogP contribution in [-0.2, 0) is 4.79 Å². The zero-order valence-corrected chi connectivity index (χ0v) is 4.91. The van der Waals surface area contributed by atoms with Gasteiger partial charge in [-0.15, -0.1) is 0 Å². The summed E-state index contributed by atoms with van der Waals surface area (Å²) < 4.78 is 56.7. The molecule has 0 fully saturated rings. The lowest BCUT2D eigenvalue weighted by Gasteiger charge is -2.19. The number of hydrogen-bond acceptors (Lipinski definition) is 2. The third-order valence-corrected chi connectivity index (χ3v) is 0.781. The molecule has 0 saturated heterocycles. The molecule has 0 spiro atoms. The SMILES string of the molecule is O=C([O-])CC(F)(F)C(F)(F)F. The molecule has 0 amide bonds. The average molecular weight is 177 g/mol. The summed E-state index contributed by atoms with van der Waals surface area (Å²) in [6.45, 7) is 0. The molecule has 0 aliphatic heterocycles. The van der Waals surface area contributed by atoms with Crippen LogP contribution < -0.4 is 5.11 Å². The predicted octanol–water partition coefficient (Wildman–Crippen LogP) is 0.324. The Morgan fingerprint density at radius 3 is 1.64 bits per heavy atom. The third-order valence-electron chi connectivity index (χ3n) is 0.781. The summed E-state index contributed by atoms with van der Waals surface area (Å²) in [5.74, 6) is -7.64. The maximum Gasteiger partial charge on any atom is 0.453 e. The topological polar surface area (TPSA) is 40.1 Å². The maximum atomic E-state index is 11.6. The molecule has 7 heteroatoms. The van der Waals surface area contributed by atoms with Crippen LogP contribution in [0.1, 0.15) is 6.42 Å². The molecule has 0 aliphatic rings. The highest BCUT2D eigenvalue weighted by molar-refractivity contribution is 5.65. The molecule has 0 aliphatic carbocycles. The zero-order chi connectivity index (χ0) is 9.28. The van der Waals surface area contributed by atoms with Gasteiger partial charge in [-0.05, 0) is 0 Å². The molecule has 11 heavy (non-hydrogen) atoms. The first kappa shape index (κ1) is 10.1. The number of aliphatic carboxylic acids is 1. The highest BCUT2D eigenvalue weighted by atomic mass is 19.4. The third kappa shape index (κ3) is 2.69. The van der Waals surface area contributed by atoms with Crippen molar-refractivity contribution in [3.63, 3.8) is 0 Å². The van der Waals surface area contributed by atoms with Crippen molar-refractivity contribution in [1.82, 2.24) is 0 Å². The van der Waals surface area contributed by atoms with Crippen molar-refractivity contribution >= 4 is 5.97 Å². The zero-order valence-electron chi connectivity index (χ0n) is 4.91. The van der Waals surface area contributed by atoms with Gasteiger partial charge < -0.3 is 9.90 Å². The molecule has 0 unspecified atom stereocenters. The molecule has 2 nitrogen and oxygen atoms in total. The van der Waals surface area contributed by atoms with Crippen molar-refractivity contribution in [2.24, 2.45) is 0 Å². The van der Waals surface area contributed by atoms with Crippen LogP contribution in [0.5, 0.6) is 0 Å². The fourth-order valence-electron chi connectivity index (χ4n) is 0.282. The van der Waals surface area contributed by atoms with E-state index in [1.165, 1.54) is 0 Å². The van der Waals surface area contributed by atoms with Gasteiger partial charge in [0.05, 0.1) is 6.42 Å². The molecule has 0 saturated carbocycles. The molecule has 66 valence electrons. The normalized spacial score (nSPS) is 13.2. The van der Waals surface area contributed by atoms with Crippen LogP contribution in [0, 0.1) is 0 Å². The van der Waals surface area contributed by atoms with Gasteiger partial charge in [0, 0.05) is 5.97 Å². The predicted molar refractivity (Wildman–Crippen MR) is 20.6 cm³/mol. The summed E-state index contributed by atoms with van der Waals surface area (Å²) >= 11 is 0. The summed E-state index contributed by atoms with van der Waals surface area (Å²) in [6, 6.07) is 0. The van der Waals surface area contributed by atoms with E-state index in [0.29, 0.717) is 0 Å². The minimum absolute atomic E-state index is 2.34. The molecular weight excluding hydrogens is 175 g/mol. The summed E-state index contributed by atoms with van der Waals surface area (Å²) in [6.07, 6.45) is -8.16. The van der Waals surface area contributed by atoms with Gasteiger partial charge in [-0.2, -0.15) is 22.0 Å². The molecule has 0 aromatic rings. The molecule has 0 rings (SSSR count). The van der Waals surface area contributed by atoms with E-state index in [0.717, 1.165) is 0 Å². The minimum Gasteiger partial charge on any atom is -0.550 e. The number of carboxylic acid groups (broad SMARTS) is 1. The Morgan fingerprint density at radius 1 is 1.18 bits per heavy atom. The van der Waals surface area contributed by atoms with Gasteiger partial charge in [-0.3, -0.25) is 0 Å². The Kier molecular flexibility index (Phi) is 2.42. The van der Waals surface area contributed by atoms with E-state index in [1.54, 1.807) is 0 Å². The molecule has 0 aromatic carbocycles. The van der Waals surface area contributed by atoms with Gasteiger partial charge >= 0.3 is 12.1 Å². The highest BCUT2D eigenvalue weighted by Crippen LogP contribution is 2.37. The lowest BCUT2D eigenvalue weighted by atomic mass is 10.2. The van der Waals surface area contributed by atoms with Gasteiger partial charge in [-0.25, -0.2) is 0 Å². The van der Waals surface area contributed by atoms with E-state index in [1.807, 2.05) is 0 Å². The molecule has 0 N–H and O–H groups in total. The first-order valence-corrected chi connectivity index (χ1v) is 2.31. The lowest BCUT2D eigenvalue weighted by molar-refractivity contribution is -0.329. The van der Waals surface area contributed by atoms with Crippen LogP contribution in [0.3, 0.4) is 0 Å². The monoisotopic (exact) mass is 177 g/mol. The number of carbonyl (C=O) groups excluding carboxylic acids is 1. The second-order valence-corrected chi connectivity index (χ2v) is 1.75. The molecule has 0 aromatic heterocycles. The Bertz CT molecular complexity index is 160. The number of carboxylic acids is 1. The smallest absolute Gasteiger partial charge is 0.453 e. The molecule has 0 atom stereocenters. The molecule has 0 bridgehead atoms. The summed E-state index contributed by atoms with van der Waals surface area (Å²) in [5, 5.41) is 9.37. The summed E-state index contributed by atoms with van der Waals surface area (Å²) in [7, 11) is 0. The van der Waals surface area contributed by atoms with Crippen LogP contribution in [0.25, 0.3) is 0 Å². The van der Waals surface area contributed by atoms with Crippen LogP contribution in [0.15, 0.2) is 0 Å². The Hall–Kier alpha value is -0.880. The standard InChI is InChI=1S/C4H3F5O2/c5-3(6,1-2(10)11)4(7,8)9/h1H2,(H,10,11)/p-1. The van der Waals surface area contributed by atoms with Crippen molar-refractivity contribution in [2.75, 3.05) is 0 Å². The van der Waals surface area contributed by atoms with Crippen molar-refractivity contribution in [3.8, 4) is 0 Å². The fourth-order valence-corrected chi connectivity index (χ4v) is 0.282. The Labute approximate surface area is 57.6 Å². The van der Waals surface area contributed by atoms with Gasteiger partial charge in [0.1, 0.15) is 0 Å². The minimum atomic E-state index is -5.83. The molecular formula is C4H2F5O2-. The van der Waals surface area contributed by atoms with E-state index in [4.69, 9.17) is 0 Å². The van der Waals surface area contributed by atoms with E-state index in [-0.39, 0.29) is 0 Å². The van der Waals surface area contributed by atoms with Gasteiger partial charge in [-0.1, -0.05) is 0 Å². The van der Waals surface area contributed by atoms with Crippen molar-refractivity contribution in [1.29, 1.82) is 0 Å². The van der Waals surface area contributed by atoms with E-state index >= 15 is 0 Å². The number of carbonyl (C=O) groups is 1. The maximum absolute atomic E-state index is 11.6. The Morgan fingerprint density at radius 2 is 1.55 bits per heavy atom. The van der Waals surface area contributed by atoms with Crippen LogP contribution >= 0.6 is 0 Å². The quantitative estimate of drug-likeness (QED) is 0.570. The lowest BCUT2D eigenvalue weighted by Crippen LogP contribution is -2.42. The van der Waals surface area contributed by atoms with Crippen molar-refractivity contribution in [3.05, 3.63) is 0 Å². The number of rotatable bonds is 2. The second-order valence-electron chi connectivity index (χ2n) is 1.75. The van der Waals surface area contributed by atoms with Crippen LogP contribution in [0.4, 0.5) is 22.0 Å². The number of halogens is 5. The van der Waals surface area contributed by atoms with E-state index in [9.17, 15) is 31.9 Å². The summed E-state index contributed by atoms with van der Waals surface area (Å²) in [5.41, 5.74) is 0. The highest BCUT2D eigenvalue weighted by Gasteiger charge is 2.57. The number of alkyl halides is 5. The van der Waals surface area contributed by atoms with Crippen LogP contribution in [0.2, 0.25) is 0 Å². The first-order valence-electron chi connectivity index (χ1n) is 2.31. The summed E-state index contributed by atoms with van der Waals surface area (Å²) in [4.78, 5) is 9.37. The fraction of sp³-hybridized carbons (Fsp3) is 0.750. The van der Waals surface area contributed by atoms with E-state index < -0.39 is 24.5 Å².